The Balaban J connectivity index is 1.75. The molecule has 0 amide bonds. The summed E-state index contributed by atoms with van der Waals surface area (Å²) in [6.45, 7) is 0. The van der Waals surface area contributed by atoms with Gasteiger partial charge in [-0.25, -0.2) is 4.98 Å². The molecular weight excluding hydrogens is 282 g/mol. The topological polar surface area (TPSA) is 47.8 Å². The first-order chi connectivity index (χ1) is 10.2. The first kappa shape index (κ1) is 13.5. The average molecular weight is 295 g/mol. The van der Waals surface area contributed by atoms with E-state index in [1.807, 2.05) is 35.7 Å². The second kappa shape index (κ2) is 5.85. The van der Waals surface area contributed by atoms with Crippen molar-refractivity contribution in [1.82, 2.24) is 14.8 Å². The van der Waals surface area contributed by atoms with Crippen molar-refractivity contribution >= 4 is 23.2 Å². The van der Waals surface area contributed by atoms with Crippen molar-refractivity contribution in [3.8, 4) is 11.3 Å². The zero-order chi connectivity index (χ0) is 14.7. The molecule has 0 saturated carbocycles. The van der Waals surface area contributed by atoms with Gasteiger partial charge < -0.3 is 0 Å². The number of nitrogens with zero attached hydrogens (tertiary/aromatic N) is 3. The fourth-order valence-corrected chi connectivity index (χ4v) is 2.62. The molecule has 4 nitrogen and oxygen atoms in total. The van der Waals surface area contributed by atoms with E-state index in [9.17, 15) is 4.79 Å². The van der Waals surface area contributed by atoms with Gasteiger partial charge in [0, 0.05) is 24.2 Å². The number of aryl methyl sites for hydroxylation is 1. The third-order valence-corrected chi connectivity index (χ3v) is 3.77. The lowest BCUT2D eigenvalue weighted by molar-refractivity contribution is 0.104. The molecule has 2 aromatic heterocycles. The lowest BCUT2D eigenvalue weighted by Gasteiger charge is -1.93. The van der Waals surface area contributed by atoms with Crippen LogP contribution in [0.15, 0.2) is 54.2 Å². The van der Waals surface area contributed by atoms with Gasteiger partial charge in [0.15, 0.2) is 5.78 Å². The van der Waals surface area contributed by atoms with Gasteiger partial charge in [0.1, 0.15) is 5.01 Å². The van der Waals surface area contributed by atoms with E-state index in [0.717, 1.165) is 16.3 Å². The monoisotopic (exact) mass is 295 g/mol. The van der Waals surface area contributed by atoms with Crippen LogP contribution < -0.4 is 0 Å². The molecular formula is C16H13N3OS. The van der Waals surface area contributed by atoms with Crippen LogP contribution in [0.1, 0.15) is 15.4 Å². The number of carbonyl (C=O) groups excluding carboxylic acids is 1. The molecule has 0 unspecified atom stereocenters. The van der Waals surface area contributed by atoms with Crippen LogP contribution in [-0.2, 0) is 7.05 Å². The summed E-state index contributed by atoms with van der Waals surface area (Å²) in [5.41, 5.74) is 2.58. The third kappa shape index (κ3) is 3.14. The molecule has 0 aliphatic rings. The van der Waals surface area contributed by atoms with Crippen LogP contribution >= 0.6 is 11.3 Å². The summed E-state index contributed by atoms with van der Waals surface area (Å²) in [6.07, 6.45) is 6.53. The van der Waals surface area contributed by atoms with Crippen molar-refractivity contribution < 1.29 is 4.79 Å². The van der Waals surface area contributed by atoms with Gasteiger partial charge in [-0.15, -0.1) is 11.3 Å². The first-order valence-electron chi connectivity index (χ1n) is 6.44. The highest BCUT2D eigenvalue weighted by Gasteiger charge is 2.05. The van der Waals surface area contributed by atoms with Crippen LogP contribution in [0.4, 0.5) is 0 Å². The average Bonchev–Trinajstić information content (AvgIpc) is 3.15. The summed E-state index contributed by atoms with van der Waals surface area (Å²) in [5, 5.41) is 6.79. The van der Waals surface area contributed by atoms with Gasteiger partial charge in [-0.3, -0.25) is 9.48 Å². The smallest absolute Gasteiger partial charge is 0.189 e. The minimum atomic E-state index is -0.0699. The standard InChI is InChI=1S/C16H13N3OS/c1-19-10-13(9-17-19)15(20)7-8-16-18-14(11-21-16)12-5-3-2-4-6-12/h2-11H,1H3/b8-7-. The van der Waals surface area contributed by atoms with Crippen molar-refractivity contribution in [2.24, 2.45) is 7.05 Å². The molecule has 0 aliphatic heterocycles. The van der Waals surface area contributed by atoms with Crippen LogP contribution in [0.2, 0.25) is 0 Å². The fraction of sp³-hybridized carbons (Fsp3) is 0.0625. The molecule has 3 aromatic rings. The van der Waals surface area contributed by atoms with E-state index in [0.29, 0.717) is 5.56 Å². The summed E-state index contributed by atoms with van der Waals surface area (Å²) in [5.74, 6) is -0.0699. The number of thiazole rings is 1. The van der Waals surface area contributed by atoms with Gasteiger partial charge in [0.25, 0.3) is 0 Å². The second-order valence-electron chi connectivity index (χ2n) is 4.54. The number of allylic oxidation sites excluding steroid dienone is 1. The first-order valence-corrected chi connectivity index (χ1v) is 7.32. The lowest BCUT2D eigenvalue weighted by atomic mass is 10.2. The summed E-state index contributed by atoms with van der Waals surface area (Å²) < 4.78 is 1.61. The second-order valence-corrected chi connectivity index (χ2v) is 5.43. The van der Waals surface area contributed by atoms with Gasteiger partial charge in [0.05, 0.1) is 17.5 Å². The predicted molar refractivity (Wildman–Crippen MR) is 84.1 cm³/mol. The van der Waals surface area contributed by atoms with Crippen molar-refractivity contribution in [1.29, 1.82) is 0 Å². The summed E-state index contributed by atoms with van der Waals surface area (Å²) in [7, 11) is 1.79. The maximum Gasteiger partial charge on any atom is 0.189 e. The van der Waals surface area contributed by atoms with Gasteiger partial charge in [-0.1, -0.05) is 30.3 Å². The fourth-order valence-electron chi connectivity index (χ4n) is 1.90. The van der Waals surface area contributed by atoms with Gasteiger partial charge in [0.2, 0.25) is 0 Å². The molecule has 0 fully saturated rings. The Kier molecular flexibility index (Phi) is 3.75. The van der Waals surface area contributed by atoms with E-state index in [-0.39, 0.29) is 5.78 Å². The number of ketones is 1. The van der Waals surface area contributed by atoms with Crippen LogP contribution in [0.3, 0.4) is 0 Å². The van der Waals surface area contributed by atoms with E-state index >= 15 is 0 Å². The van der Waals surface area contributed by atoms with Crippen LogP contribution in [0.25, 0.3) is 17.3 Å². The minimum Gasteiger partial charge on any atom is -0.289 e. The highest BCUT2D eigenvalue weighted by atomic mass is 32.1. The van der Waals surface area contributed by atoms with E-state index in [4.69, 9.17) is 0 Å². The summed E-state index contributed by atoms with van der Waals surface area (Å²) in [4.78, 5) is 16.5. The van der Waals surface area contributed by atoms with Crippen LogP contribution in [0, 0.1) is 0 Å². The summed E-state index contributed by atoms with van der Waals surface area (Å²) >= 11 is 1.52. The normalized spacial score (nSPS) is 11.1. The van der Waals surface area contributed by atoms with Crippen molar-refractivity contribution in [3.05, 3.63) is 64.8 Å². The zero-order valence-electron chi connectivity index (χ0n) is 11.4. The quantitative estimate of drug-likeness (QED) is 0.547. The predicted octanol–water partition coefficient (Wildman–Crippen LogP) is 3.44. The number of hydrogen-bond donors (Lipinski definition) is 0. The summed E-state index contributed by atoms with van der Waals surface area (Å²) in [6, 6.07) is 9.97. The minimum absolute atomic E-state index is 0.0699. The Hall–Kier alpha value is -2.53. The van der Waals surface area contributed by atoms with Gasteiger partial charge in [-0.05, 0) is 12.2 Å². The molecule has 0 bridgehead atoms. The number of aromatic nitrogens is 3. The van der Waals surface area contributed by atoms with E-state index in [1.54, 1.807) is 30.2 Å². The molecule has 0 radical (unpaired) electrons. The number of carbonyl (C=O) groups is 1. The SMILES string of the molecule is Cn1cc(C(=O)/C=C\c2nc(-c3ccccc3)cs2)cn1. The van der Waals surface area contributed by atoms with E-state index < -0.39 is 0 Å². The largest absolute Gasteiger partial charge is 0.289 e. The number of rotatable bonds is 4. The Morgan fingerprint density at radius 2 is 2.10 bits per heavy atom. The molecule has 0 aliphatic carbocycles. The number of benzene rings is 1. The highest BCUT2D eigenvalue weighted by molar-refractivity contribution is 7.10. The van der Waals surface area contributed by atoms with Gasteiger partial charge in [-0.2, -0.15) is 5.10 Å². The molecule has 3 rings (SSSR count). The molecule has 1 aromatic carbocycles. The Morgan fingerprint density at radius 3 is 2.81 bits per heavy atom. The van der Waals surface area contributed by atoms with E-state index in [2.05, 4.69) is 10.1 Å². The highest BCUT2D eigenvalue weighted by Crippen LogP contribution is 2.22. The molecule has 2 heterocycles. The molecule has 0 saturated heterocycles. The zero-order valence-corrected chi connectivity index (χ0v) is 12.2. The Labute approximate surface area is 126 Å². The molecule has 104 valence electrons. The Bertz CT molecular complexity index is 787. The molecule has 5 heteroatoms. The molecule has 0 spiro atoms. The molecule has 0 N–H and O–H groups in total. The molecule has 0 atom stereocenters. The van der Waals surface area contributed by atoms with Crippen molar-refractivity contribution in [2.45, 2.75) is 0 Å². The van der Waals surface area contributed by atoms with Crippen LogP contribution in [0.5, 0.6) is 0 Å². The van der Waals surface area contributed by atoms with Crippen molar-refractivity contribution in [2.75, 3.05) is 0 Å². The third-order valence-electron chi connectivity index (χ3n) is 2.96. The van der Waals surface area contributed by atoms with Gasteiger partial charge >= 0.3 is 0 Å². The van der Waals surface area contributed by atoms with E-state index in [1.165, 1.54) is 17.4 Å². The van der Waals surface area contributed by atoms with Crippen molar-refractivity contribution in [3.63, 3.8) is 0 Å². The number of hydrogen-bond acceptors (Lipinski definition) is 4. The lowest BCUT2D eigenvalue weighted by Crippen LogP contribution is -1.91. The molecule has 21 heavy (non-hydrogen) atoms. The maximum absolute atomic E-state index is 11.9. The van der Waals surface area contributed by atoms with Crippen LogP contribution in [-0.4, -0.2) is 20.5 Å². The maximum atomic E-state index is 11.9. The Morgan fingerprint density at radius 1 is 1.29 bits per heavy atom.